The number of carbonyl (C=O) groups excluding carboxylic acids is 1. The van der Waals surface area contributed by atoms with Crippen LogP contribution >= 0.6 is 24.0 Å². The molecule has 1 unspecified atom stereocenters. The normalized spacial score (nSPS) is 24.5. The molecule has 0 radical (unpaired) electrons. The predicted octanol–water partition coefficient (Wildman–Crippen LogP) is 1.97. The van der Waals surface area contributed by atoms with Gasteiger partial charge < -0.3 is 20.0 Å². The summed E-state index contributed by atoms with van der Waals surface area (Å²) >= 11 is 0. The van der Waals surface area contributed by atoms with E-state index in [1.54, 1.807) is 12.5 Å². The molecule has 0 aromatic carbocycles. The van der Waals surface area contributed by atoms with E-state index in [-0.39, 0.29) is 35.3 Å². The average molecular weight is 432 g/mol. The summed E-state index contributed by atoms with van der Waals surface area (Å²) in [5, 5.41) is 6.36. The Balaban J connectivity index is 0.00000192. The lowest BCUT2D eigenvalue weighted by atomic mass is 9.79. The molecular weight excluding hydrogens is 407 g/mol. The highest BCUT2D eigenvalue weighted by molar-refractivity contribution is 14.0. The molecule has 0 aliphatic carbocycles. The Kier molecular flexibility index (Phi) is 6.32. The standard InChI is InChI=1S/C16H24N4O2.HI/c1-2-17-15(18-9-13-4-7-22-10-13)20-6-3-5-16(12-20)8-14(21)19-11-16;/h4,7,10H,2-3,5-6,8-9,11-12H2,1H3,(H,17,18)(H,19,21);1H. The molecule has 3 rings (SSSR count). The van der Waals surface area contributed by atoms with Crippen LogP contribution in [0.25, 0.3) is 0 Å². The summed E-state index contributed by atoms with van der Waals surface area (Å²) in [6.45, 7) is 6.21. The largest absolute Gasteiger partial charge is 0.472 e. The minimum absolute atomic E-state index is 0. The van der Waals surface area contributed by atoms with Crippen molar-refractivity contribution >= 4 is 35.8 Å². The van der Waals surface area contributed by atoms with Crippen LogP contribution in [0.15, 0.2) is 28.0 Å². The molecule has 1 aromatic heterocycles. The van der Waals surface area contributed by atoms with E-state index in [4.69, 9.17) is 9.41 Å². The number of carbonyl (C=O) groups is 1. The third-order valence-corrected chi connectivity index (χ3v) is 4.48. The van der Waals surface area contributed by atoms with Gasteiger partial charge in [-0.05, 0) is 25.8 Å². The van der Waals surface area contributed by atoms with Gasteiger partial charge in [0.05, 0.1) is 19.1 Å². The second kappa shape index (κ2) is 8.03. The van der Waals surface area contributed by atoms with Gasteiger partial charge in [0, 0.05) is 43.6 Å². The second-order valence-electron chi connectivity index (χ2n) is 6.28. The van der Waals surface area contributed by atoms with Crippen molar-refractivity contribution in [2.24, 2.45) is 10.4 Å². The van der Waals surface area contributed by atoms with E-state index in [2.05, 4.69) is 22.5 Å². The van der Waals surface area contributed by atoms with Crippen molar-refractivity contribution in [3.05, 3.63) is 24.2 Å². The van der Waals surface area contributed by atoms with E-state index in [0.29, 0.717) is 13.0 Å². The lowest BCUT2D eigenvalue weighted by molar-refractivity contribution is -0.119. The number of rotatable bonds is 3. The van der Waals surface area contributed by atoms with Crippen molar-refractivity contribution in [3.63, 3.8) is 0 Å². The minimum atomic E-state index is 0. The van der Waals surface area contributed by atoms with Crippen molar-refractivity contribution < 1.29 is 9.21 Å². The molecule has 2 fully saturated rings. The van der Waals surface area contributed by atoms with Crippen LogP contribution in [-0.2, 0) is 11.3 Å². The van der Waals surface area contributed by atoms with Gasteiger partial charge in [-0.25, -0.2) is 4.99 Å². The van der Waals surface area contributed by atoms with Crippen LogP contribution in [0.5, 0.6) is 0 Å². The molecule has 2 saturated heterocycles. The number of hydrogen-bond acceptors (Lipinski definition) is 3. The summed E-state index contributed by atoms with van der Waals surface area (Å²) in [6, 6.07) is 1.93. The van der Waals surface area contributed by atoms with Crippen molar-refractivity contribution in [1.82, 2.24) is 15.5 Å². The number of nitrogens with one attached hydrogen (secondary N) is 2. The molecule has 1 atom stereocenters. The third-order valence-electron chi connectivity index (χ3n) is 4.48. The molecule has 0 bridgehead atoms. The average Bonchev–Trinajstić information content (AvgIpc) is 3.14. The number of piperidine rings is 1. The number of furan rings is 1. The van der Waals surface area contributed by atoms with Crippen LogP contribution < -0.4 is 10.6 Å². The second-order valence-corrected chi connectivity index (χ2v) is 6.28. The Morgan fingerprint density at radius 2 is 2.43 bits per heavy atom. The van der Waals surface area contributed by atoms with Crippen LogP contribution in [0.2, 0.25) is 0 Å². The number of aliphatic imine (C=N–C) groups is 1. The topological polar surface area (TPSA) is 69.9 Å². The van der Waals surface area contributed by atoms with Gasteiger partial charge in [-0.1, -0.05) is 0 Å². The monoisotopic (exact) mass is 432 g/mol. The molecule has 128 valence electrons. The Morgan fingerprint density at radius 3 is 3.09 bits per heavy atom. The van der Waals surface area contributed by atoms with Crippen molar-refractivity contribution in [3.8, 4) is 0 Å². The molecule has 1 spiro atoms. The number of amides is 1. The highest BCUT2D eigenvalue weighted by Gasteiger charge is 2.42. The Labute approximate surface area is 154 Å². The summed E-state index contributed by atoms with van der Waals surface area (Å²) in [5.41, 5.74) is 1.15. The molecule has 0 saturated carbocycles. The van der Waals surface area contributed by atoms with E-state index in [1.165, 1.54) is 0 Å². The third kappa shape index (κ3) is 4.39. The Hall–Kier alpha value is -1.25. The van der Waals surface area contributed by atoms with Gasteiger partial charge >= 0.3 is 0 Å². The van der Waals surface area contributed by atoms with Crippen LogP contribution in [0, 0.1) is 5.41 Å². The highest BCUT2D eigenvalue weighted by atomic mass is 127. The van der Waals surface area contributed by atoms with Gasteiger partial charge in [0.2, 0.25) is 5.91 Å². The molecule has 2 aliphatic rings. The van der Waals surface area contributed by atoms with Gasteiger partial charge in [-0.2, -0.15) is 0 Å². The zero-order valence-electron chi connectivity index (χ0n) is 13.5. The first kappa shape index (κ1) is 18.1. The minimum Gasteiger partial charge on any atom is -0.472 e. The summed E-state index contributed by atoms with van der Waals surface area (Å²) in [4.78, 5) is 18.6. The summed E-state index contributed by atoms with van der Waals surface area (Å²) in [5.74, 6) is 1.12. The van der Waals surface area contributed by atoms with Crippen LogP contribution in [0.1, 0.15) is 31.7 Å². The first-order valence-electron chi connectivity index (χ1n) is 8.02. The molecule has 1 aromatic rings. The molecular formula is C16H25IN4O2. The molecule has 23 heavy (non-hydrogen) atoms. The highest BCUT2D eigenvalue weighted by Crippen LogP contribution is 2.36. The first-order chi connectivity index (χ1) is 10.7. The molecule has 1 amide bonds. The zero-order chi connectivity index (χ0) is 15.4. The number of likely N-dealkylation sites (tertiary alicyclic amines) is 1. The molecule has 7 heteroatoms. The SMILES string of the molecule is CCNC(=NCc1ccoc1)N1CCCC2(CNC(=O)C2)C1.I. The van der Waals surface area contributed by atoms with Gasteiger partial charge in [0.15, 0.2) is 5.96 Å². The number of guanidine groups is 1. The lowest BCUT2D eigenvalue weighted by Crippen LogP contribution is -2.51. The predicted molar refractivity (Wildman–Crippen MR) is 99.8 cm³/mol. The molecule has 2 N–H and O–H groups in total. The van der Waals surface area contributed by atoms with E-state index >= 15 is 0 Å². The van der Waals surface area contributed by atoms with E-state index in [0.717, 1.165) is 50.5 Å². The van der Waals surface area contributed by atoms with Gasteiger partial charge in [0.1, 0.15) is 0 Å². The van der Waals surface area contributed by atoms with Crippen LogP contribution in [-0.4, -0.2) is 42.9 Å². The van der Waals surface area contributed by atoms with E-state index < -0.39 is 0 Å². The lowest BCUT2D eigenvalue weighted by Gasteiger charge is -2.40. The summed E-state index contributed by atoms with van der Waals surface area (Å²) < 4.78 is 5.09. The zero-order valence-corrected chi connectivity index (χ0v) is 15.8. The van der Waals surface area contributed by atoms with Gasteiger partial charge in [-0.15, -0.1) is 24.0 Å². The fraction of sp³-hybridized carbons (Fsp3) is 0.625. The van der Waals surface area contributed by atoms with Crippen molar-refractivity contribution in [1.29, 1.82) is 0 Å². The van der Waals surface area contributed by atoms with Gasteiger partial charge in [-0.3, -0.25) is 4.79 Å². The maximum absolute atomic E-state index is 11.6. The first-order valence-corrected chi connectivity index (χ1v) is 8.02. The molecule has 2 aliphatic heterocycles. The molecule has 3 heterocycles. The smallest absolute Gasteiger partial charge is 0.220 e. The number of halogens is 1. The maximum atomic E-state index is 11.6. The van der Waals surface area contributed by atoms with Gasteiger partial charge in [0.25, 0.3) is 0 Å². The quantitative estimate of drug-likeness (QED) is 0.436. The van der Waals surface area contributed by atoms with E-state index in [1.807, 2.05) is 6.07 Å². The number of nitrogens with zero attached hydrogens (tertiary/aromatic N) is 2. The van der Waals surface area contributed by atoms with Crippen molar-refractivity contribution in [2.45, 2.75) is 32.7 Å². The summed E-state index contributed by atoms with van der Waals surface area (Å²) in [6.07, 6.45) is 6.26. The fourth-order valence-electron chi connectivity index (χ4n) is 3.40. The fourth-order valence-corrected chi connectivity index (χ4v) is 3.40. The Bertz CT molecular complexity index is 546. The maximum Gasteiger partial charge on any atom is 0.220 e. The summed E-state index contributed by atoms with van der Waals surface area (Å²) in [7, 11) is 0. The Morgan fingerprint density at radius 1 is 1.57 bits per heavy atom. The van der Waals surface area contributed by atoms with Crippen LogP contribution in [0.4, 0.5) is 0 Å². The van der Waals surface area contributed by atoms with Crippen LogP contribution in [0.3, 0.4) is 0 Å². The number of hydrogen-bond donors (Lipinski definition) is 2. The van der Waals surface area contributed by atoms with E-state index in [9.17, 15) is 4.79 Å². The van der Waals surface area contributed by atoms with Crippen molar-refractivity contribution in [2.75, 3.05) is 26.2 Å². The molecule has 6 nitrogen and oxygen atoms in total.